The van der Waals surface area contributed by atoms with Gasteiger partial charge in [0.05, 0.1) is 0 Å². The van der Waals surface area contributed by atoms with E-state index in [4.69, 9.17) is 5.73 Å². The van der Waals surface area contributed by atoms with Gasteiger partial charge in [0.25, 0.3) is 0 Å². The first-order valence-corrected chi connectivity index (χ1v) is 7.40. The highest BCUT2D eigenvalue weighted by molar-refractivity contribution is 5.10. The molecule has 2 heteroatoms. The minimum absolute atomic E-state index is 0.276. The third-order valence-corrected chi connectivity index (χ3v) is 5.09. The van der Waals surface area contributed by atoms with Crippen LogP contribution in [-0.4, -0.2) is 29.6 Å². The van der Waals surface area contributed by atoms with Gasteiger partial charge in [-0.15, -0.1) is 0 Å². The Hall–Kier alpha value is -0.0800. The Balaban J connectivity index is 2.24. The fraction of sp³-hybridized carbons (Fsp3) is 1.00. The second-order valence-corrected chi connectivity index (χ2v) is 7.25. The van der Waals surface area contributed by atoms with E-state index in [0.29, 0.717) is 5.41 Å². The lowest BCUT2D eigenvalue weighted by atomic mass is 9.73. The van der Waals surface area contributed by atoms with Crippen LogP contribution in [0.1, 0.15) is 59.8 Å². The lowest BCUT2D eigenvalue weighted by Gasteiger charge is -2.50. The predicted octanol–water partition coefficient (Wildman–Crippen LogP) is 3.01. The summed E-state index contributed by atoms with van der Waals surface area (Å²) in [5.74, 6) is 0.746. The van der Waals surface area contributed by atoms with Crippen LogP contribution in [0.5, 0.6) is 0 Å². The van der Waals surface area contributed by atoms with Crippen LogP contribution in [0.25, 0.3) is 0 Å². The van der Waals surface area contributed by atoms with Crippen LogP contribution in [0.15, 0.2) is 0 Å². The van der Waals surface area contributed by atoms with Crippen molar-refractivity contribution < 1.29 is 0 Å². The SMILES string of the molecule is CC(C)CN(C1CC1)C1(CN)CCCC1(C)C. The molecule has 0 aliphatic heterocycles. The first kappa shape index (κ1) is 13.4. The summed E-state index contributed by atoms with van der Waals surface area (Å²) >= 11 is 0. The van der Waals surface area contributed by atoms with Crippen LogP contribution in [0, 0.1) is 11.3 Å². The van der Waals surface area contributed by atoms with Gasteiger partial charge in [-0.05, 0) is 37.0 Å². The summed E-state index contributed by atoms with van der Waals surface area (Å²) in [4.78, 5) is 2.80. The Bertz CT molecular complexity index is 268. The Morgan fingerprint density at radius 3 is 2.24 bits per heavy atom. The fourth-order valence-corrected chi connectivity index (χ4v) is 3.87. The minimum Gasteiger partial charge on any atom is -0.329 e. The Kier molecular flexibility index (Phi) is 3.57. The van der Waals surface area contributed by atoms with Crippen molar-refractivity contribution in [2.24, 2.45) is 17.1 Å². The highest BCUT2D eigenvalue weighted by atomic mass is 15.3. The summed E-state index contributed by atoms with van der Waals surface area (Å²) < 4.78 is 0. The standard InChI is InChI=1S/C15H30N2/c1-12(2)10-17(13-6-7-13)15(11-16)9-5-8-14(15,3)4/h12-13H,5-11,16H2,1-4H3. The lowest BCUT2D eigenvalue weighted by Crippen LogP contribution is -2.61. The molecule has 2 aliphatic rings. The molecule has 1 atom stereocenters. The van der Waals surface area contributed by atoms with Gasteiger partial charge in [0.1, 0.15) is 0 Å². The van der Waals surface area contributed by atoms with Gasteiger partial charge in [-0.3, -0.25) is 4.90 Å². The van der Waals surface area contributed by atoms with E-state index < -0.39 is 0 Å². The summed E-state index contributed by atoms with van der Waals surface area (Å²) in [7, 11) is 0. The maximum atomic E-state index is 6.24. The highest BCUT2D eigenvalue weighted by Crippen LogP contribution is 2.52. The number of rotatable bonds is 5. The van der Waals surface area contributed by atoms with E-state index in [9.17, 15) is 0 Å². The number of hydrogen-bond donors (Lipinski definition) is 1. The molecular formula is C15H30N2. The quantitative estimate of drug-likeness (QED) is 0.798. The van der Waals surface area contributed by atoms with E-state index in [1.807, 2.05) is 0 Å². The van der Waals surface area contributed by atoms with Crippen molar-refractivity contribution in [3.05, 3.63) is 0 Å². The molecule has 0 aromatic carbocycles. The van der Waals surface area contributed by atoms with Gasteiger partial charge < -0.3 is 5.73 Å². The molecule has 2 N–H and O–H groups in total. The monoisotopic (exact) mass is 238 g/mol. The molecule has 0 aromatic heterocycles. The van der Waals surface area contributed by atoms with Crippen LogP contribution >= 0.6 is 0 Å². The van der Waals surface area contributed by atoms with Gasteiger partial charge in [0, 0.05) is 24.7 Å². The average molecular weight is 238 g/mol. The van der Waals surface area contributed by atoms with Crippen molar-refractivity contribution in [3.8, 4) is 0 Å². The molecule has 2 aliphatic carbocycles. The average Bonchev–Trinajstić information content (AvgIpc) is 3.00. The van der Waals surface area contributed by atoms with E-state index >= 15 is 0 Å². The molecule has 17 heavy (non-hydrogen) atoms. The molecule has 2 saturated carbocycles. The van der Waals surface area contributed by atoms with Crippen LogP contribution in [-0.2, 0) is 0 Å². The predicted molar refractivity (Wildman–Crippen MR) is 74.0 cm³/mol. The van der Waals surface area contributed by atoms with Crippen molar-refractivity contribution in [3.63, 3.8) is 0 Å². The lowest BCUT2D eigenvalue weighted by molar-refractivity contribution is -0.00219. The minimum atomic E-state index is 0.276. The molecule has 0 radical (unpaired) electrons. The summed E-state index contributed by atoms with van der Waals surface area (Å²) in [6, 6.07) is 0.832. The molecular weight excluding hydrogens is 208 g/mol. The summed E-state index contributed by atoms with van der Waals surface area (Å²) in [6.45, 7) is 11.6. The topological polar surface area (TPSA) is 29.3 Å². The third kappa shape index (κ3) is 2.26. The maximum Gasteiger partial charge on any atom is 0.0385 e. The number of hydrogen-bond acceptors (Lipinski definition) is 2. The molecule has 2 rings (SSSR count). The molecule has 0 saturated heterocycles. The molecule has 2 nitrogen and oxygen atoms in total. The van der Waals surface area contributed by atoms with E-state index in [2.05, 4.69) is 32.6 Å². The molecule has 1 unspecified atom stereocenters. The van der Waals surface area contributed by atoms with Crippen LogP contribution in [0.4, 0.5) is 0 Å². The normalized spacial score (nSPS) is 32.6. The van der Waals surface area contributed by atoms with Crippen molar-refractivity contribution in [1.29, 1.82) is 0 Å². The fourth-order valence-electron chi connectivity index (χ4n) is 3.87. The number of nitrogens with two attached hydrogens (primary N) is 1. The molecule has 0 spiro atoms. The van der Waals surface area contributed by atoms with E-state index in [0.717, 1.165) is 18.5 Å². The van der Waals surface area contributed by atoms with Gasteiger partial charge in [-0.1, -0.05) is 34.1 Å². The second kappa shape index (κ2) is 4.55. The molecule has 2 fully saturated rings. The summed E-state index contributed by atoms with van der Waals surface area (Å²) in [6.07, 6.45) is 6.78. The molecule has 0 aromatic rings. The van der Waals surface area contributed by atoms with Crippen molar-refractivity contribution in [2.75, 3.05) is 13.1 Å². The Morgan fingerprint density at radius 1 is 1.24 bits per heavy atom. The Labute approximate surface area is 107 Å². The summed E-state index contributed by atoms with van der Waals surface area (Å²) in [5, 5.41) is 0. The van der Waals surface area contributed by atoms with Crippen molar-refractivity contribution >= 4 is 0 Å². The van der Waals surface area contributed by atoms with E-state index in [1.165, 1.54) is 38.6 Å². The van der Waals surface area contributed by atoms with Crippen molar-refractivity contribution in [1.82, 2.24) is 4.90 Å². The van der Waals surface area contributed by atoms with E-state index in [-0.39, 0.29) is 5.54 Å². The van der Waals surface area contributed by atoms with Crippen LogP contribution in [0.3, 0.4) is 0 Å². The maximum absolute atomic E-state index is 6.24. The van der Waals surface area contributed by atoms with Gasteiger partial charge in [-0.2, -0.15) is 0 Å². The van der Waals surface area contributed by atoms with Crippen LogP contribution in [0.2, 0.25) is 0 Å². The molecule has 0 bridgehead atoms. The largest absolute Gasteiger partial charge is 0.329 e. The zero-order valence-corrected chi connectivity index (χ0v) is 12.1. The Morgan fingerprint density at radius 2 is 1.88 bits per heavy atom. The molecule has 0 amide bonds. The molecule has 0 heterocycles. The highest BCUT2D eigenvalue weighted by Gasteiger charge is 2.54. The van der Waals surface area contributed by atoms with E-state index in [1.54, 1.807) is 0 Å². The van der Waals surface area contributed by atoms with Gasteiger partial charge in [0.15, 0.2) is 0 Å². The van der Waals surface area contributed by atoms with Crippen molar-refractivity contribution in [2.45, 2.75) is 71.4 Å². The third-order valence-electron chi connectivity index (χ3n) is 5.09. The number of nitrogens with zero attached hydrogens (tertiary/aromatic N) is 1. The smallest absolute Gasteiger partial charge is 0.0385 e. The summed E-state index contributed by atoms with van der Waals surface area (Å²) in [5.41, 5.74) is 6.91. The zero-order valence-electron chi connectivity index (χ0n) is 12.1. The van der Waals surface area contributed by atoms with Gasteiger partial charge in [-0.25, -0.2) is 0 Å². The van der Waals surface area contributed by atoms with Gasteiger partial charge in [0.2, 0.25) is 0 Å². The second-order valence-electron chi connectivity index (χ2n) is 7.25. The molecule has 100 valence electrons. The first-order chi connectivity index (χ1) is 7.93. The zero-order chi connectivity index (χ0) is 12.7. The van der Waals surface area contributed by atoms with Crippen LogP contribution < -0.4 is 5.73 Å². The van der Waals surface area contributed by atoms with Gasteiger partial charge >= 0.3 is 0 Å². The first-order valence-electron chi connectivity index (χ1n) is 7.40.